The lowest BCUT2D eigenvalue weighted by molar-refractivity contribution is 0.389. The summed E-state index contributed by atoms with van der Waals surface area (Å²) in [4.78, 5) is 2.43. The average molecular weight is 527 g/mol. The molecule has 0 spiro atoms. The molecule has 2 heterocycles. The molecule has 0 fully saturated rings. The van der Waals surface area contributed by atoms with Crippen LogP contribution in [0.4, 0.5) is 17.1 Å². The standard InChI is InChI=1S/C34H27ClN4/c35-28-18-12-15-26(23-28)31-24-34(27-16-6-2-7-17-27)38(32-22-11-10-21-30(32)36-31)33(25-13-4-1-5-14-25)37-39(34)29-19-8-3-9-20-29/h1-23,31,36H,24H2. The normalized spacial score (nSPS) is 19.9. The fraction of sp³-hybridized carbons (Fsp3) is 0.0882. The van der Waals surface area contributed by atoms with Crippen LogP contribution in [0.3, 0.4) is 0 Å². The Hall–Kier alpha value is -4.54. The van der Waals surface area contributed by atoms with Crippen LogP contribution in [0.5, 0.6) is 0 Å². The molecule has 5 aromatic carbocycles. The molecular formula is C34H27ClN4. The number of nitrogens with zero attached hydrogens (tertiary/aromatic N) is 3. The summed E-state index contributed by atoms with van der Waals surface area (Å²) in [5, 5.41) is 12.3. The van der Waals surface area contributed by atoms with Crippen LogP contribution in [-0.2, 0) is 5.66 Å². The number of hydrogen-bond donors (Lipinski definition) is 1. The predicted octanol–water partition coefficient (Wildman–Crippen LogP) is 8.44. The number of nitrogens with one attached hydrogen (secondary N) is 1. The molecule has 7 rings (SSSR count). The van der Waals surface area contributed by atoms with Crippen molar-refractivity contribution in [3.05, 3.63) is 161 Å². The van der Waals surface area contributed by atoms with Crippen molar-refractivity contribution in [3.8, 4) is 0 Å². The summed E-state index contributed by atoms with van der Waals surface area (Å²) in [6, 6.07) is 48.3. The molecule has 190 valence electrons. The van der Waals surface area contributed by atoms with Gasteiger partial charge >= 0.3 is 0 Å². The first-order valence-corrected chi connectivity index (χ1v) is 13.6. The van der Waals surface area contributed by atoms with E-state index in [1.165, 1.54) is 0 Å². The summed E-state index contributed by atoms with van der Waals surface area (Å²) in [5.41, 5.74) is 5.85. The van der Waals surface area contributed by atoms with E-state index in [1.807, 2.05) is 24.3 Å². The van der Waals surface area contributed by atoms with Gasteiger partial charge in [0.1, 0.15) is 0 Å². The van der Waals surface area contributed by atoms with Crippen molar-refractivity contribution in [3.63, 3.8) is 0 Å². The number of anilines is 3. The van der Waals surface area contributed by atoms with Crippen LogP contribution in [0.1, 0.15) is 29.2 Å². The van der Waals surface area contributed by atoms with Crippen molar-refractivity contribution in [1.82, 2.24) is 0 Å². The monoisotopic (exact) mass is 526 g/mol. The van der Waals surface area contributed by atoms with Gasteiger partial charge in [-0.15, -0.1) is 0 Å². The maximum atomic E-state index is 6.52. The minimum absolute atomic E-state index is 0.0356. The fourth-order valence-corrected chi connectivity index (χ4v) is 6.11. The Balaban J connectivity index is 1.55. The van der Waals surface area contributed by atoms with Crippen LogP contribution in [0.15, 0.2) is 145 Å². The summed E-state index contributed by atoms with van der Waals surface area (Å²) in [5.74, 6) is 0.907. The van der Waals surface area contributed by atoms with Crippen molar-refractivity contribution >= 4 is 34.5 Å². The summed E-state index contributed by atoms with van der Waals surface area (Å²) in [7, 11) is 0. The third-order valence-electron chi connectivity index (χ3n) is 7.61. The molecular weight excluding hydrogens is 500 g/mol. The topological polar surface area (TPSA) is 30.9 Å². The Kier molecular flexibility index (Phi) is 5.83. The van der Waals surface area contributed by atoms with Gasteiger partial charge in [-0.2, -0.15) is 5.10 Å². The number of hydrazone groups is 1. The van der Waals surface area contributed by atoms with Crippen molar-refractivity contribution in [2.75, 3.05) is 15.2 Å². The van der Waals surface area contributed by atoms with E-state index < -0.39 is 5.66 Å². The molecule has 2 atom stereocenters. The SMILES string of the molecule is Clc1cccc(C2CC3(c4ccccc4)N(c4ccccc4)N=C(c4ccccc4)N3c3ccccc3N2)c1. The summed E-state index contributed by atoms with van der Waals surface area (Å²) < 4.78 is 0. The third-order valence-corrected chi connectivity index (χ3v) is 7.85. The van der Waals surface area contributed by atoms with Crippen molar-refractivity contribution < 1.29 is 0 Å². The third kappa shape index (κ3) is 3.96. The van der Waals surface area contributed by atoms with Crippen molar-refractivity contribution in [2.45, 2.75) is 18.1 Å². The van der Waals surface area contributed by atoms with Crippen LogP contribution >= 0.6 is 11.6 Å². The van der Waals surface area contributed by atoms with Gasteiger partial charge < -0.3 is 5.32 Å². The minimum atomic E-state index is -0.666. The summed E-state index contributed by atoms with van der Waals surface area (Å²) in [6.07, 6.45) is 0.709. The number of para-hydroxylation sites is 3. The fourth-order valence-electron chi connectivity index (χ4n) is 5.91. The van der Waals surface area contributed by atoms with Gasteiger partial charge in [-0.1, -0.05) is 115 Å². The van der Waals surface area contributed by atoms with Gasteiger partial charge in [0.2, 0.25) is 0 Å². The first-order chi connectivity index (χ1) is 19.2. The molecule has 0 saturated carbocycles. The number of rotatable bonds is 4. The second-order valence-corrected chi connectivity index (χ2v) is 10.4. The second kappa shape index (κ2) is 9.64. The molecule has 5 aromatic rings. The Morgan fingerprint density at radius 2 is 1.38 bits per heavy atom. The van der Waals surface area contributed by atoms with Gasteiger partial charge in [0, 0.05) is 22.6 Å². The molecule has 0 bridgehead atoms. The molecule has 2 unspecified atom stereocenters. The van der Waals surface area contributed by atoms with Gasteiger partial charge in [0.05, 0.1) is 23.1 Å². The van der Waals surface area contributed by atoms with Gasteiger partial charge in [0.15, 0.2) is 11.5 Å². The van der Waals surface area contributed by atoms with E-state index in [9.17, 15) is 0 Å². The van der Waals surface area contributed by atoms with E-state index in [0.29, 0.717) is 6.42 Å². The van der Waals surface area contributed by atoms with Gasteiger partial charge in [0.25, 0.3) is 0 Å². The molecule has 4 nitrogen and oxygen atoms in total. The highest BCUT2D eigenvalue weighted by molar-refractivity contribution is 6.30. The van der Waals surface area contributed by atoms with E-state index in [0.717, 1.165) is 44.6 Å². The maximum absolute atomic E-state index is 6.52. The smallest absolute Gasteiger partial charge is 0.168 e. The van der Waals surface area contributed by atoms with E-state index in [4.69, 9.17) is 16.7 Å². The lowest BCUT2D eigenvalue weighted by Crippen LogP contribution is -2.54. The molecule has 0 radical (unpaired) electrons. The van der Waals surface area contributed by atoms with E-state index in [1.54, 1.807) is 0 Å². The first-order valence-electron chi connectivity index (χ1n) is 13.2. The quantitative estimate of drug-likeness (QED) is 0.255. The maximum Gasteiger partial charge on any atom is 0.168 e. The van der Waals surface area contributed by atoms with Crippen molar-refractivity contribution in [1.29, 1.82) is 0 Å². The van der Waals surface area contributed by atoms with E-state index >= 15 is 0 Å². The Labute approximate surface area is 233 Å². The number of amidine groups is 1. The largest absolute Gasteiger partial charge is 0.376 e. The summed E-state index contributed by atoms with van der Waals surface area (Å²) in [6.45, 7) is 0. The van der Waals surface area contributed by atoms with Crippen molar-refractivity contribution in [2.24, 2.45) is 5.10 Å². The van der Waals surface area contributed by atoms with Crippen LogP contribution in [0.25, 0.3) is 0 Å². The van der Waals surface area contributed by atoms with Gasteiger partial charge in [-0.05, 0) is 42.0 Å². The average Bonchev–Trinajstić information content (AvgIpc) is 3.25. The zero-order chi connectivity index (χ0) is 26.2. The van der Waals surface area contributed by atoms with Gasteiger partial charge in [-0.3, -0.25) is 4.90 Å². The number of halogens is 1. The zero-order valence-corrected chi connectivity index (χ0v) is 22.0. The molecule has 2 aliphatic rings. The lowest BCUT2D eigenvalue weighted by Gasteiger charge is -2.45. The Morgan fingerprint density at radius 3 is 2.13 bits per heavy atom. The number of fused-ring (bicyclic) bond motifs is 3. The first kappa shape index (κ1) is 23.6. The van der Waals surface area contributed by atoms with Crippen LogP contribution in [0, 0.1) is 0 Å². The van der Waals surface area contributed by atoms with E-state index in [2.05, 4.69) is 130 Å². The number of hydrogen-bond acceptors (Lipinski definition) is 4. The predicted molar refractivity (Wildman–Crippen MR) is 161 cm³/mol. The molecule has 1 N–H and O–H groups in total. The molecule has 0 saturated heterocycles. The highest BCUT2D eigenvalue weighted by Crippen LogP contribution is 2.53. The highest BCUT2D eigenvalue weighted by Gasteiger charge is 2.55. The highest BCUT2D eigenvalue weighted by atomic mass is 35.5. The molecule has 5 heteroatoms. The Morgan fingerprint density at radius 1 is 0.718 bits per heavy atom. The van der Waals surface area contributed by atoms with Gasteiger partial charge in [-0.25, -0.2) is 5.01 Å². The summed E-state index contributed by atoms with van der Waals surface area (Å²) >= 11 is 6.52. The molecule has 2 aliphatic heterocycles. The molecule has 0 aromatic heterocycles. The molecule has 39 heavy (non-hydrogen) atoms. The molecule has 0 aliphatic carbocycles. The van der Waals surface area contributed by atoms with Crippen LogP contribution in [0.2, 0.25) is 5.02 Å². The van der Waals surface area contributed by atoms with Crippen LogP contribution < -0.4 is 15.2 Å². The zero-order valence-electron chi connectivity index (χ0n) is 21.3. The Bertz CT molecular complexity index is 1640. The van der Waals surface area contributed by atoms with E-state index in [-0.39, 0.29) is 6.04 Å². The van der Waals surface area contributed by atoms with Crippen LogP contribution in [-0.4, -0.2) is 5.84 Å². The minimum Gasteiger partial charge on any atom is -0.376 e. The second-order valence-electron chi connectivity index (χ2n) is 9.93. The lowest BCUT2D eigenvalue weighted by atomic mass is 9.86. The number of benzene rings is 5. The molecule has 0 amide bonds.